The SMILES string of the molecule is Fc1ccc(Cl)c(C(F)(F)F)c1I. The van der Waals surface area contributed by atoms with Gasteiger partial charge in [0.2, 0.25) is 0 Å². The van der Waals surface area contributed by atoms with E-state index in [1.54, 1.807) is 0 Å². The van der Waals surface area contributed by atoms with Gasteiger partial charge >= 0.3 is 6.18 Å². The summed E-state index contributed by atoms with van der Waals surface area (Å²) in [6.07, 6.45) is -4.62. The lowest BCUT2D eigenvalue weighted by Crippen LogP contribution is -2.09. The molecule has 0 spiro atoms. The van der Waals surface area contributed by atoms with Crippen molar-refractivity contribution in [3.8, 4) is 0 Å². The molecular formula is C7H2ClF4I. The van der Waals surface area contributed by atoms with E-state index in [1.807, 2.05) is 0 Å². The fourth-order valence-electron chi connectivity index (χ4n) is 0.787. The van der Waals surface area contributed by atoms with Crippen molar-refractivity contribution >= 4 is 34.2 Å². The van der Waals surface area contributed by atoms with Crippen LogP contribution in [0.1, 0.15) is 5.56 Å². The molecule has 0 aliphatic heterocycles. The zero-order chi connectivity index (χ0) is 10.2. The summed E-state index contributed by atoms with van der Waals surface area (Å²) in [4.78, 5) is 0. The first-order valence-corrected chi connectivity index (χ1v) is 4.50. The molecule has 1 rings (SSSR count). The number of rotatable bonds is 0. The average Bonchev–Trinajstić information content (AvgIpc) is 1.95. The lowest BCUT2D eigenvalue weighted by molar-refractivity contribution is -0.138. The van der Waals surface area contributed by atoms with Gasteiger partial charge in [-0.15, -0.1) is 0 Å². The molecule has 0 saturated heterocycles. The Morgan fingerprint density at radius 3 is 2.15 bits per heavy atom. The van der Waals surface area contributed by atoms with E-state index >= 15 is 0 Å². The van der Waals surface area contributed by atoms with Gasteiger partial charge in [0, 0.05) is 0 Å². The first-order chi connectivity index (χ1) is 5.84. The summed E-state index contributed by atoms with van der Waals surface area (Å²) in [7, 11) is 0. The maximum absolute atomic E-state index is 12.7. The first-order valence-electron chi connectivity index (χ1n) is 3.04. The summed E-state index contributed by atoms with van der Waals surface area (Å²) in [5, 5.41) is -0.488. The zero-order valence-electron chi connectivity index (χ0n) is 5.92. The molecule has 0 atom stereocenters. The molecule has 0 aliphatic rings. The van der Waals surface area contributed by atoms with Crippen LogP contribution in [0.5, 0.6) is 0 Å². The van der Waals surface area contributed by atoms with Gasteiger partial charge in [0.25, 0.3) is 0 Å². The highest BCUT2D eigenvalue weighted by molar-refractivity contribution is 14.1. The minimum absolute atomic E-state index is 0.488. The summed E-state index contributed by atoms with van der Waals surface area (Å²) < 4.78 is 48.9. The Bertz CT molecular complexity index is 334. The molecule has 1 aromatic carbocycles. The van der Waals surface area contributed by atoms with E-state index in [1.165, 1.54) is 22.6 Å². The Morgan fingerprint density at radius 1 is 1.23 bits per heavy atom. The van der Waals surface area contributed by atoms with Crippen LogP contribution >= 0.6 is 34.2 Å². The Hall–Kier alpha value is -0.0400. The quantitative estimate of drug-likeness (QED) is 0.383. The predicted octanol–water partition coefficient (Wildman–Crippen LogP) is 4.10. The molecule has 0 saturated carbocycles. The molecule has 0 unspecified atom stereocenters. The Labute approximate surface area is 90.0 Å². The minimum atomic E-state index is -4.62. The van der Waals surface area contributed by atoms with E-state index in [9.17, 15) is 17.6 Å². The van der Waals surface area contributed by atoms with Gasteiger partial charge in [-0.3, -0.25) is 0 Å². The van der Waals surface area contributed by atoms with Crippen LogP contribution in [0, 0.1) is 9.39 Å². The van der Waals surface area contributed by atoms with E-state index in [4.69, 9.17) is 11.6 Å². The van der Waals surface area contributed by atoms with Gasteiger partial charge in [-0.05, 0) is 34.7 Å². The molecule has 13 heavy (non-hydrogen) atoms. The maximum Gasteiger partial charge on any atom is 0.418 e. The number of halogens is 6. The highest BCUT2D eigenvalue weighted by Gasteiger charge is 2.36. The van der Waals surface area contributed by atoms with Crippen molar-refractivity contribution in [2.24, 2.45) is 0 Å². The van der Waals surface area contributed by atoms with Crippen LogP contribution in [-0.2, 0) is 6.18 Å². The zero-order valence-corrected chi connectivity index (χ0v) is 8.84. The van der Waals surface area contributed by atoms with Gasteiger partial charge in [0.05, 0.1) is 14.2 Å². The summed E-state index contributed by atoms with van der Waals surface area (Å²) >= 11 is 6.57. The van der Waals surface area contributed by atoms with Crippen molar-refractivity contribution in [1.29, 1.82) is 0 Å². The van der Waals surface area contributed by atoms with Crippen LogP contribution in [0.2, 0.25) is 5.02 Å². The van der Waals surface area contributed by atoms with Gasteiger partial charge < -0.3 is 0 Å². The van der Waals surface area contributed by atoms with E-state index in [2.05, 4.69) is 0 Å². The van der Waals surface area contributed by atoms with E-state index in [0.29, 0.717) is 0 Å². The second kappa shape index (κ2) is 3.61. The molecule has 0 aliphatic carbocycles. The molecule has 72 valence electrons. The molecule has 0 radical (unpaired) electrons. The third kappa shape index (κ3) is 2.25. The van der Waals surface area contributed by atoms with Crippen molar-refractivity contribution in [2.45, 2.75) is 6.18 Å². The maximum atomic E-state index is 12.7. The summed E-state index contributed by atoms with van der Waals surface area (Å²) in [6.45, 7) is 0. The van der Waals surface area contributed by atoms with Crippen LogP contribution in [0.15, 0.2) is 12.1 Å². The fraction of sp³-hybridized carbons (Fsp3) is 0.143. The van der Waals surface area contributed by atoms with Gasteiger partial charge in [-0.1, -0.05) is 11.6 Å². The summed E-state index contributed by atoms with van der Waals surface area (Å²) in [6, 6.07) is 1.79. The van der Waals surface area contributed by atoms with Gasteiger partial charge in [0.1, 0.15) is 5.82 Å². The molecule has 0 bridgehead atoms. The minimum Gasteiger partial charge on any atom is -0.206 e. The fourth-order valence-corrected chi connectivity index (χ4v) is 1.99. The Balaban J connectivity index is 3.43. The molecule has 0 nitrogen and oxygen atoms in total. The highest BCUT2D eigenvalue weighted by Crippen LogP contribution is 2.38. The van der Waals surface area contributed by atoms with Crippen LogP contribution in [0.3, 0.4) is 0 Å². The number of hydrogen-bond acceptors (Lipinski definition) is 0. The molecule has 0 amide bonds. The molecule has 0 N–H and O–H groups in total. The van der Waals surface area contributed by atoms with Crippen LogP contribution in [0.25, 0.3) is 0 Å². The smallest absolute Gasteiger partial charge is 0.206 e. The second-order valence-corrected chi connectivity index (χ2v) is 3.70. The molecule has 0 aromatic heterocycles. The monoisotopic (exact) mass is 324 g/mol. The van der Waals surface area contributed by atoms with Crippen LogP contribution in [0.4, 0.5) is 17.6 Å². The number of alkyl halides is 3. The Kier molecular flexibility index (Phi) is 3.06. The van der Waals surface area contributed by atoms with Gasteiger partial charge in [-0.2, -0.15) is 13.2 Å². The van der Waals surface area contributed by atoms with Crippen molar-refractivity contribution in [3.05, 3.63) is 32.1 Å². The van der Waals surface area contributed by atoms with Crippen molar-refractivity contribution < 1.29 is 17.6 Å². The summed E-state index contributed by atoms with van der Waals surface area (Å²) in [5.74, 6) is -0.919. The predicted molar refractivity (Wildman–Crippen MR) is 49.1 cm³/mol. The molecule has 1 aromatic rings. The second-order valence-electron chi connectivity index (χ2n) is 2.22. The average molecular weight is 324 g/mol. The van der Waals surface area contributed by atoms with E-state index < -0.39 is 26.1 Å². The topological polar surface area (TPSA) is 0 Å². The van der Waals surface area contributed by atoms with Gasteiger partial charge in [-0.25, -0.2) is 4.39 Å². The third-order valence-corrected chi connectivity index (χ3v) is 2.70. The normalized spacial score (nSPS) is 11.8. The number of hydrogen-bond donors (Lipinski definition) is 0. The summed E-state index contributed by atoms with van der Waals surface area (Å²) in [5.41, 5.74) is -1.12. The third-order valence-electron chi connectivity index (χ3n) is 1.33. The van der Waals surface area contributed by atoms with Crippen molar-refractivity contribution in [2.75, 3.05) is 0 Å². The lowest BCUT2D eigenvalue weighted by Gasteiger charge is -2.10. The molecule has 0 heterocycles. The van der Waals surface area contributed by atoms with Crippen LogP contribution in [-0.4, -0.2) is 0 Å². The van der Waals surface area contributed by atoms with Gasteiger partial charge in [0.15, 0.2) is 0 Å². The van der Waals surface area contributed by atoms with E-state index in [0.717, 1.165) is 12.1 Å². The molecule has 0 fully saturated rings. The van der Waals surface area contributed by atoms with E-state index in [-0.39, 0.29) is 0 Å². The Morgan fingerprint density at radius 2 is 1.77 bits per heavy atom. The largest absolute Gasteiger partial charge is 0.418 e. The molecular weight excluding hydrogens is 322 g/mol. The van der Waals surface area contributed by atoms with Crippen molar-refractivity contribution in [1.82, 2.24) is 0 Å². The first kappa shape index (κ1) is 11.0. The molecule has 6 heteroatoms. The highest BCUT2D eigenvalue weighted by atomic mass is 127. The lowest BCUT2D eigenvalue weighted by atomic mass is 10.2. The van der Waals surface area contributed by atoms with Crippen LogP contribution < -0.4 is 0 Å². The number of benzene rings is 1. The van der Waals surface area contributed by atoms with Crippen molar-refractivity contribution in [3.63, 3.8) is 0 Å². The standard InChI is InChI=1S/C7H2ClF4I/c8-3-1-2-4(9)6(13)5(3)7(10,11)12/h1-2H.